The van der Waals surface area contributed by atoms with Gasteiger partial charge in [0, 0.05) is 12.8 Å². The van der Waals surface area contributed by atoms with E-state index in [1.54, 1.807) is 88.4 Å². The summed E-state index contributed by atoms with van der Waals surface area (Å²) in [5.41, 5.74) is 3.29. The number of rotatable bonds is 18. The zero-order valence-electron chi connectivity index (χ0n) is 40.8. The van der Waals surface area contributed by atoms with Gasteiger partial charge < -0.3 is 21.3 Å². The molecule has 0 radical (unpaired) electrons. The third kappa shape index (κ3) is 12.2. The second-order valence-corrected chi connectivity index (χ2v) is 21.2. The van der Waals surface area contributed by atoms with Gasteiger partial charge in [-0.2, -0.15) is 10.0 Å². The van der Waals surface area contributed by atoms with E-state index in [1.165, 1.54) is 18.2 Å². The first-order chi connectivity index (χ1) is 36.8. The minimum absolute atomic E-state index is 0.165. The second kappa shape index (κ2) is 24.6. The van der Waals surface area contributed by atoms with E-state index in [0.29, 0.717) is 21.1 Å². The van der Waals surface area contributed by atoms with Crippen LogP contribution in [-0.4, -0.2) is 98.2 Å². The number of hydrogen-bond acceptors (Lipinski definition) is 11. The molecule has 4 atom stereocenters. The fourth-order valence-electron chi connectivity index (χ4n) is 8.11. The molecule has 0 spiro atoms. The van der Waals surface area contributed by atoms with Crippen LogP contribution in [0.3, 0.4) is 0 Å². The van der Waals surface area contributed by atoms with Crippen LogP contribution in [0.4, 0.5) is 0 Å². The first kappa shape index (κ1) is 59.1. The summed E-state index contributed by atoms with van der Waals surface area (Å²) in [7, 11) is 0. The summed E-state index contributed by atoms with van der Waals surface area (Å²) in [6.45, 7) is 6.41. The number of imide groups is 2. The molecule has 406 valence electrons. The average Bonchev–Trinajstić information content (AvgIpc) is 4.06. The Hall–Kier alpha value is -6.55. The Balaban J connectivity index is 1.04. The molecule has 0 saturated heterocycles. The van der Waals surface area contributed by atoms with Crippen molar-refractivity contribution in [2.75, 3.05) is 0 Å². The molecule has 3 heterocycles. The maximum absolute atomic E-state index is 14.1. The highest BCUT2D eigenvalue weighted by Crippen LogP contribution is 2.46. The number of nitrogens with one attached hydrogen (secondary N) is 6. The molecule has 27 heteroatoms. The number of aromatic nitrogens is 1. The number of hydrazine groups is 2. The van der Waals surface area contributed by atoms with E-state index in [1.807, 2.05) is 0 Å². The number of halogens is 8. The topological polar surface area (TPSA) is 262 Å². The van der Waals surface area contributed by atoms with Gasteiger partial charge in [-0.05, 0) is 35.1 Å². The van der Waals surface area contributed by atoms with Crippen molar-refractivity contribution < 1.29 is 47.9 Å². The van der Waals surface area contributed by atoms with Gasteiger partial charge in [0.15, 0.2) is 0 Å². The highest BCUT2D eigenvalue weighted by Gasteiger charge is 2.45. The summed E-state index contributed by atoms with van der Waals surface area (Å²) in [6, 6.07) is 15.0. The Kier molecular flexibility index (Phi) is 18.7. The smallest absolute Gasteiger partial charge is 0.282 e. The molecule has 0 aliphatic carbocycles. The fourth-order valence-corrected chi connectivity index (χ4v) is 10.1. The molecule has 2 aliphatic heterocycles. The van der Waals surface area contributed by atoms with Gasteiger partial charge in [0.2, 0.25) is 11.8 Å². The van der Waals surface area contributed by atoms with E-state index in [0.717, 1.165) is 0 Å². The van der Waals surface area contributed by atoms with Crippen LogP contribution in [0, 0.1) is 11.8 Å². The summed E-state index contributed by atoms with van der Waals surface area (Å²) in [5, 5.41) is 8.42. The number of carbonyl (C=O) groups is 10. The maximum Gasteiger partial charge on any atom is 0.282 e. The molecule has 0 unspecified atom stereocenters. The molecule has 10 amide bonds. The number of carbonyl (C=O) groups excluding carboxylic acids is 10. The fraction of sp³-hybridized carbons (Fsp3) is 0.235. The van der Waals surface area contributed by atoms with E-state index in [4.69, 9.17) is 92.8 Å². The molecule has 0 bridgehead atoms. The molecule has 0 fully saturated rings. The predicted molar refractivity (Wildman–Crippen MR) is 291 cm³/mol. The first-order valence-corrected chi connectivity index (χ1v) is 26.2. The number of pyridine rings is 1. The third-order valence-electron chi connectivity index (χ3n) is 12.2. The molecule has 0 saturated carbocycles. The van der Waals surface area contributed by atoms with Crippen LogP contribution >= 0.6 is 92.8 Å². The molecule has 78 heavy (non-hydrogen) atoms. The molecule has 5 aromatic rings. The van der Waals surface area contributed by atoms with Crippen molar-refractivity contribution in [1.29, 1.82) is 0 Å². The Morgan fingerprint density at radius 3 is 0.987 bits per heavy atom. The van der Waals surface area contributed by atoms with Crippen LogP contribution in [0.15, 0.2) is 78.9 Å². The molecule has 6 N–H and O–H groups in total. The highest BCUT2D eigenvalue weighted by atomic mass is 35.5. The Labute approximate surface area is 484 Å². The SMILES string of the molecule is CC(C)[C@H](NC(=O)c1cccc(C(=O)N[C@H](C(=O)N[C@@H](Cc2ccccc2)C(=O)NN2C(=O)c3c(Cl)c(Cl)c(Cl)c(Cl)c3C2=O)C(C)C)n1)C(=O)N[C@@H](Cc1ccccc1)C(=O)NN1C(=O)c2c(Cl)c(Cl)c(Cl)c(Cl)c2C1=O. The lowest BCUT2D eigenvalue weighted by atomic mass is 10.0. The molecule has 1 aromatic heterocycles. The lowest BCUT2D eigenvalue weighted by molar-refractivity contribution is -0.132. The second-order valence-electron chi connectivity index (χ2n) is 18.2. The summed E-state index contributed by atoms with van der Waals surface area (Å²) < 4.78 is 0. The number of amides is 10. The van der Waals surface area contributed by atoms with Crippen LogP contribution < -0.4 is 32.1 Å². The van der Waals surface area contributed by atoms with Crippen molar-refractivity contribution >= 4 is 152 Å². The lowest BCUT2D eigenvalue weighted by Gasteiger charge is -2.26. The summed E-state index contributed by atoms with van der Waals surface area (Å²) in [6.07, 6.45) is -0.329. The third-order valence-corrected chi connectivity index (χ3v) is 15.8. The largest absolute Gasteiger partial charge is 0.342 e. The normalized spacial score (nSPS) is 14.4. The van der Waals surface area contributed by atoms with Crippen molar-refractivity contribution in [2.24, 2.45) is 11.8 Å². The molecule has 7 rings (SSSR count). The van der Waals surface area contributed by atoms with Crippen LogP contribution in [0.5, 0.6) is 0 Å². The zero-order valence-corrected chi connectivity index (χ0v) is 46.9. The van der Waals surface area contributed by atoms with Gasteiger partial charge in [-0.25, -0.2) is 4.98 Å². The van der Waals surface area contributed by atoms with Crippen LogP contribution in [0.25, 0.3) is 0 Å². The summed E-state index contributed by atoms with van der Waals surface area (Å²) >= 11 is 49.7. The summed E-state index contributed by atoms with van der Waals surface area (Å²) in [5.74, 6) is -11.2. The van der Waals surface area contributed by atoms with E-state index in [2.05, 4.69) is 37.1 Å². The molecular weight excluding hydrogens is 1180 g/mol. The van der Waals surface area contributed by atoms with E-state index in [9.17, 15) is 47.9 Å². The van der Waals surface area contributed by atoms with Crippen molar-refractivity contribution in [2.45, 2.75) is 64.7 Å². The standard InChI is InChI=1S/C51H41Cl8N9O10/c1-20(2)40(46(73)61-26(18-22-12-7-5-8-13-22)44(71)65-67-48(75)28-29(49(67)76)33(53)37(57)36(56)32(28)52)63-42(69)24-16-11-17-25(60-24)43(70)64-41(21(3)4)47(74)62-27(19-23-14-9-6-10-15-23)45(72)66-68-50(77)30-31(51(68)78)35(55)39(59)38(58)34(30)54/h5-17,20-21,26-27,40-41H,18-19H2,1-4H3,(H,61,73)(H,62,74)(H,63,69)(H,64,70)(H,65,71)(H,66,72)/t26-,27-,40-,41-/m0/s1. The average molecular weight is 1220 g/mol. The number of benzene rings is 4. The van der Waals surface area contributed by atoms with Crippen LogP contribution in [0.2, 0.25) is 40.2 Å². The Morgan fingerprint density at radius 2 is 0.705 bits per heavy atom. The quantitative estimate of drug-likeness (QED) is 0.0279. The number of fused-ring (bicyclic) bond motifs is 2. The minimum atomic E-state index is -1.48. The van der Waals surface area contributed by atoms with Crippen molar-refractivity contribution in [3.63, 3.8) is 0 Å². The minimum Gasteiger partial charge on any atom is -0.342 e. The van der Waals surface area contributed by atoms with Crippen LogP contribution in [-0.2, 0) is 32.0 Å². The van der Waals surface area contributed by atoms with E-state index < -0.39 is 117 Å². The zero-order chi connectivity index (χ0) is 57.2. The molecule has 19 nitrogen and oxygen atoms in total. The number of hydrogen-bond donors (Lipinski definition) is 6. The van der Waals surface area contributed by atoms with Crippen LogP contribution in [0.1, 0.15) is 101 Å². The van der Waals surface area contributed by atoms with E-state index in [-0.39, 0.29) is 64.4 Å². The van der Waals surface area contributed by atoms with Gasteiger partial charge in [0.25, 0.3) is 47.3 Å². The Morgan fingerprint density at radius 1 is 0.410 bits per heavy atom. The molecule has 4 aromatic carbocycles. The van der Waals surface area contributed by atoms with Crippen molar-refractivity contribution in [3.05, 3.63) is 164 Å². The van der Waals surface area contributed by atoms with Gasteiger partial charge in [0.05, 0.1) is 62.4 Å². The molecule has 2 aliphatic rings. The lowest BCUT2D eigenvalue weighted by Crippen LogP contribution is -2.58. The van der Waals surface area contributed by atoms with Crippen molar-refractivity contribution in [1.82, 2.24) is 47.1 Å². The van der Waals surface area contributed by atoms with Gasteiger partial charge in [-0.1, -0.05) is 187 Å². The number of nitrogens with zero attached hydrogens (tertiary/aromatic N) is 3. The Bertz CT molecular complexity index is 3040. The molecular formula is C51H41Cl8N9O10. The predicted octanol–water partition coefficient (Wildman–Crippen LogP) is 7.93. The first-order valence-electron chi connectivity index (χ1n) is 23.2. The monoisotopic (exact) mass is 1220 g/mol. The highest BCUT2D eigenvalue weighted by molar-refractivity contribution is 6.56. The summed E-state index contributed by atoms with van der Waals surface area (Å²) in [4.78, 5) is 142. The van der Waals surface area contributed by atoms with Gasteiger partial charge in [-0.3, -0.25) is 58.8 Å². The van der Waals surface area contributed by atoms with E-state index >= 15 is 0 Å². The van der Waals surface area contributed by atoms with Gasteiger partial charge in [-0.15, -0.1) is 0 Å². The van der Waals surface area contributed by atoms with Gasteiger partial charge in [0.1, 0.15) is 35.6 Å². The van der Waals surface area contributed by atoms with Crippen molar-refractivity contribution in [3.8, 4) is 0 Å². The van der Waals surface area contributed by atoms with Gasteiger partial charge >= 0.3 is 0 Å². The maximum atomic E-state index is 14.1.